The van der Waals surface area contributed by atoms with E-state index in [1.807, 2.05) is 11.8 Å². The molecule has 0 saturated carbocycles. The van der Waals surface area contributed by atoms with E-state index in [0.29, 0.717) is 32.5 Å². The number of hydrogen-bond acceptors (Lipinski definition) is 6. The Morgan fingerprint density at radius 1 is 1.28 bits per heavy atom. The molecule has 3 heterocycles. The number of hydrogen-bond donors (Lipinski definition) is 1. The highest BCUT2D eigenvalue weighted by atomic mass is 32.2. The number of aliphatic hydroxyl groups is 1. The molecular weight excluding hydrogens is 476 g/mol. The summed E-state index contributed by atoms with van der Waals surface area (Å²) in [5, 5.41) is 10.2. The third-order valence-corrected chi connectivity index (χ3v) is 10.3. The van der Waals surface area contributed by atoms with Crippen molar-refractivity contribution in [3.8, 4) is 0 Å². The first kappa shape index (κ1) is 28.8. The van der Waals surface area contributed by atoms with Crippen LogP contribution >= 0.6 is 11.8 Å². The van der Waals surface area contributed by atoms with Gasteiger partial charge in [0.2, 0.25) is 11.8 Å². The van der Waals surface area contributed by atoms with Gasteiger partial charge >= 0.3 is 5.97 Å². The van der Waals surface area contributed by atoms with Crippen molar-refractivity contribution in [3.63, 3.8) is 0 Å². The maximum absolute atomic E-state index is 14.3. The molecule has 2 amide bonds. The predicted molar refractivity (Wildman–Crippen MR) is 143 cm³/mol. The number of rotatable bonds is 15. The summed E-state index contributed by atoms with van der Waals surface area (Å²) in [6.45, 7) is 14.8. The summed E-state index contributed by atoms with van der Waals surface area (Å²) in [7, 11) is 0. The van der Waals surface area contributed by atoms with Crippen molar-refractivity contribution < 1.29 is 24.2 Å². The summed E-state index contributed by atoms with van der Waals surface area (Å²) >= 11 is 1.65. The summed E-state index contributed by atoms with van der Waals surface area (Å²) in [4.78, 5) is 45.2. The van der Waals surface area contributed by atoms with Crippen molar-refractivity contribution in [1.82, 2.24) is 9.80 Å². The van der Waals surface area contributed by atoms with Crippen molar-refractivity contribution in [3.05, 3.63) is 25.3 Å². The Hall–Kier alpha value is -1.80. The standard InChI is InChI=1S/C28H44N2O5S/c1-6-10-12-15-29(14-8-3)26(33)24-28-19(5)17-21(36-28)22(27(34)35-16-13-11-7-2)23(28)25(32)30(24)20(9-4)18-31/h7-8,19-24,31H,2-3,6,9-18H2,1,4-5H3/t19?,20-,21-,22+,23-,24?,28?/m0/s1. The lowest BCUT2D eigenvalue weighted by molar-refractivity contribution is -0.155. The van der Waals surface area contributed by atoms with Gasteiger partial charge in [-0.15, -0.1) is 24.9 Å². The van der Waals surface area contributed by atoms with Crippen molar-refractivity contribution >= 4 is 29.5 Å². The van der Waals surface area contributed by atoms with Crippen LogP contribution < -0.4 is 0 Å². The second kappa shape index (κ2) is 12.6. The van der Waals surface area contributed by atoms with Crippen LogP contribution in [0.5, 0.6) is 0 Å². The summed E-state index contributed by atoms with van der Waals surface area (Å²) in [5.74, 6) is -1.70. The number of likely N-dealkylation sites (tertiary alicyclic amines) is 1. The molecule has 7 nitrogen and oxygen atoms in total. The molecule has 0 aromatic rings. The molecule has 1 spiro atoms. The lowest BCUT2D eigenvalue weighted by Crippen LogP contribution is -2.59. The molecule has 3 unspecified atom stereocenters. The first-order valence-corrected chi connectivity index (χ1v) is 14.5. The quantitative estimate of drug-likeness (QED) is 0.201. The van der Waals surface area contributed by atoms with Gasteiger partial charge in [0.05, 0.1) is 35.8 Å². The first-order valence-electron chi connectivity index (χ1n) is 13.6. The minimum atomic E-state index is -0.711. The van der Waals surface area contributed by atoms with Crippen LogP contribution in [-0.2, 0) is 19.1 Å². The molecule has 3 aliphatic rings. The van der Waals surface area contributed by atoms with Gasteiger partial charge in [-0.1, -0.05) is 45.8 Å². The van der Waals surface area contributed by atoms with Crippen molar-refractivity contribution in [1.29, 1.82) is 0 Å². The zero-order valence-corrected chi connectivity index (χ0v) is 23.0. The maximum atomic E-state index is 14.3. The monoisotopic (exact) mass is 520 g/mol. The number of nitrogens with zero attached hydrogens (tertiary/aromatic N) is 2. The number of unbranched alkanes of at least 4 members (excludes halogenated alkanes) is 3. The Labute approximate surface area is 220 Å². The Balaban J connectivity index is 1.99. The van der Waals surface area contributed by atoms with Crippen LogP contribution in [0.4, 0.5) is 0 Å². The first-order chi connectivity index (χ1) is 17.3. The van der Waals surface area contributed by atoms with Crippen LogP contribution in [0.2, 0.25) is 0 Å². The van der Waals surface area contributed by atoms with E-state index in [2.05, 4.69) is 27.0 Å². The van der Waals surface area contributed by atoms with Gasteiger partial charge in [-0.05, 0) is 38.0 Å². The van der Waals surface area contributed by atoms with Crippen molar-refractivity contribution in [2.24, 2.45) is 17.8 Å². The van der Waals surface area contributed by atoms with Gasteiger partial charge in [0.1, 0.15) is 6.04 Å². The number of amides is 2. The van der Waals surface area contributed by atoms with Gasteiger partial charge in [-0.25, -0.2) is 0 Å². The summed E-state index contributed by atoms with van der Waals surface area (Å²) in [6.07, 6.45) is 9.23. The fourth-order valence-corrected chi connectivity index (χ4v) is 8.87. The molecule has 7 atom stereocenters. The van der Waals surface area contributed by atoms with Crippen molar-refractivity contribution in [2.75, 3.05) is 26.3 Å². The largest absolute Gasteiger partial charge is 0.465 e. The van der Waals surface area contributed by atoms with Gasteiger partial charge in [0.25, 0.3) is 0 Å². The van der Waals surface area contributed by atoms with Crippen LogP contribution in [0.15, 0.2) is 25.3 Å². The molecule has 0 radical (unpaired) electrons. The van der Waals surface area contributed by atoms with Crippen LogP contribution in [0.1, 0.15) is 65.7 Å². The minimum Gasteiger partial charge on any atom is -0.465 e. The second-order valence-corrected chi connectivity index (χ2v) is 12.0. The molecule has 3 aliphatic heterocycles. The maximum Gasteiger partial charge on any atom is 0.310 e. The zero-order chi connectivity index (χ0) is 26.5. The predicted octanol–water partition coefficient (Wildman–Crippen LogP) is 3.81. The topological polar surface area (TPSA) is 87.2 Å². The molecule has 36 heavy (non-hydrogen) atoms. The Morgan fingerprint density at radius 2 is 2.03 bits per heavy atom. The Morgan fingerprint density at radius 3 is 2.64 bits per heavy atom. The number of fused-ring (bicyclic) bond motifs is 1. The molecule has 3 saturated heterocycles. The van der Waals surface area contributed by atoms with Crippen LogP contribution in [-0.4, -0.2) is 81.1 Å². The number of carbonyl (C=O) groups is 3. The summed E-state index contributed by atoms with van der Waals surface area (Å²) in [5.41, 5.74) is 0. The van der Waals surface area contributed by atoms with E-state index in [1.165, 1.54) is 0 Å². The average Bonchev–Trinajstić information content (AvgIpc) is 3.46. The number of thioether (sulfide) groups is 1. The average molecular weight is 521 g/mol. The van der Waals surface area contributed by atoms with E-state index in [-0.39, 0.29) is 35.6 Å². The normalized spacial score (nSPS) is 31.3. The van der Waals surface area contributed by atoms with Crippen LogP contribution in [0.25, 0.3) is 0 Å². The number of aliphatic hydroxyl groups excluding tert-OH is 1. The number of ether oxygens (including phenoxy) is 1. The molecule has 0 aromatic carbocycles. The van der Waals surface area contributed by atoms with E-state index in [4.69, 9.17) is 4.74 Å². The molecule has 2 bridgehead atoms. The number of carbonyl (C=O) groups excluding carboxylic acids is 3. The van der Waals surface area contributed by atoms with E-state index >= 15 is 0 Å². The summed E-state index contributed by atoms with van der Waals surface area (Å²) in [6, 6.07) is -1.18. The third-order valence-electron chi connectivity index (χ3n) is 8.25. The highest BCUT2D eigenvalue weighted by Crippen LogP contribution is 2.69. The van der Waals surface area contributed by atoms with E-state index in [9.17, 15) is 19.5 Å². The van der Waals surface area contributed by atoms with E-state index in [1.54, 1.807) is 28.8 Å². The fraction of sp³-hybridized carbons (Fsp3) is 0.750. The van der Waals surface area contributed by atoms with Gasteiger partial charge in [0, 0.05) is 18.3 Å². The van der Waals surface area contributed by atoms with Crippen LogP contribution in [0, 0.1) is 17.8 Å². The fourth-order valence-electron chi connectivity index (χ4n) is 6.48. The minimum absolute atomic E-state index is 0.0412. The van der Waals surface area contributed by atoms with Gasteiger partial charge < -0.3 is 19.6 Å². The highest BCUT2D eigenvalue weighted by molar-refractivity contribution is 8.02. The Bertz CT molecular complexity index is 831. The molecule has 202 valence electrons. The Kier molecular flexibility index (Phi) is 10.1. The smallest absolute Gasteiger partial charge is 0.310 e. The molecule has 0 aromatic heterocycles. The lowest BCUT2D eigenvalue weighted by Gasteiger charge is -2.42. The van der Waals surface area contributed by atoms with E-state index in [0.717, 1.165) is 32.1 Å². The van der Waals surface area contributed by atoms with Crippen LogP contribution in [0.3, 0.4) is 0 Å². The molecule has 3 rings (SSSR count). The number of esters is 1. The summed E-state index contributed by atoms with van der Waals surface area (Å²) < 4.78 is 4.94. The van der Waals surface area contributed by atoms with Gasteiger partial charge in [-0.2, -0.15) is 0 Å². The van der Waals surface area contributed by atoms with Gasteiger partial charge in [0.15, 0.2) is 0 Å². The lowest BCUT2D eigenvalue weighted by atomic mass is 9.66. The van der Waals surface area contributed by atoms with E-state index < -0.39 is 28.7 Å². The van der Waals surface area contributed by atoms with Crippen molar-refractivity contribution in [2.45, 2.75) is 87.8 Å². The van der Waals surface area contributed by atoms with Gasteiger partial charge in [-0.3, -0.25) is 14.4 Å². The molecule has 3 fully saturated rings. The second-order valence-electron chi connectivity index (χ2n) is 10.4. The molecule has 0 aliphatic carbocycles. The molecule has 1 N–H and O–H groups in total. The SMILES string of the molecule is C=CCCCOC(=O)[C@@H]1[C@@H]2CC(C)C3(S2)C(C(=O)N(CC=C)CCCCC)N([C@@H](CC)CO)C(=O)[C@H]13. The number of allylic oxidation sites excluding steroid dienone is 1. The molecule has 8 heteroatoms. The third kappa shape index (κ3) is 5.00. The molecular formula is C28H44N2O5S. The zero-order valence-electron chi connectivity index (χ0n) is 22.2. The highest BCUT2D eigenvalue weighted by Gasteiger charge is 2.77.